The third-order valence-electron chi connectivity index (χ3n) is 2.18. The molecule has 0 radical (unpaired) electrons. The minimum atomic E-state index is 0.197. The second-order valence-corrected chi connectivity index (χ2v) is 5.17. The van der Waals surface area contributed by atoms with E-state index >= 15 is 0 Å². The van der Waals surface area contributed by atoms with E-state index in [2.05, 4.69) is 37.2 Å². The van der Waals surface area contributed by atoms with Gasteiger partial charge >= 0.3 is 0 Å². The second-order valence-electron chi connectivity index (χ2n) is 3.46. The van der Waals surface area contributed by atoms with Gasteiger partial charge in [0.25, 0.3) is 0 Å². The SMILES string of the molecule is Oc1ccc(Nc2ccc(O)c(Br)c2)cc1Br. The molecule has 2 aromatic carbocycles. The topological polar surface area (TPSA) is 52.5 Å². The van der Waals surface area contributed by atoms with Gasteiger partial charge in [-0.15, -0.1) is 0 Å². The van der Waals surface area contributed by atoms with E-state index in [1.165, 1.54) is 0 Å². The highest BCUT2D eigenvalue weighted by molar-refractivity contribution is 9.10. The summed E-state index contributed by atoms with van der Waals surface area (Å²) in [7, 11) is 0. The summed E-state index contributed by atoms with van der Waals surface area (Å²) in [5, 5.41) is 21.9. The Morgan fingerprint density at radius 3 is 1.53 bits per heavy atom. The van der Waals surface area contributed by atoms with Crippen molar-refractivity contribution in [3.05, 3.63) is 45.3 Å². The van der Waals surface area contributed by atoms with Crippen LogP contribution in [0.5, 0.6) is 11.5 Å². The Morgan fingerprint density at radius 1 is 0.765 bits per heavy atom. The molecule has 0 aliphatic rings. The maximum absolute atomic E-state index is 9.38. The first-order valence-electron chi connectivity index (χ1n) is 4.80. The minimum absolute atomic E-state index is 0.197. The van der Waals surface area contributed by atoms with Crippen molar-refractivity contribution >= 4 is 43.2 Å². The zero-order valence-corrected chi connectivity index (χ0v) is 11.8. The van der Waals surface area contributed by atoms with Crippen LogP contribution in [0.2, 0.25) is 0 Å². The number of anilines is 2. The number of aromatic hydroxyl groups is 2. The summed E-state index contributed by atoms with van der Waals surface area (Å²) in [5.74, 6) is 0.393. The molecule has 0 bridgehead atoms. The van der Waals surface area contributed by atoms with E-state index in [1.807, 2.05) is 0 Å². The number of phenolic OH excluding ortho intramolecular Hbond substituents is 2. The van der Waals surface area contributed by atoms with Gasteiger partial charge < -0.3 is 15.5 Å². The number of hydrogen-bond donors (Lipinski definition) is 3. The third-order valence-corrected chi connectivity index (χ3v) is 3.45. The number of phenols is 2. The summed E-state index contributed by atoms with van der Waals surface area (Å²) < 4.78 is 1.25. The van der Waals surface area contributed by atoms with Crippen LogP contribution in [0.25, 0.3) is 0 Å². The van der Waals surface area contributed by atoms with Crippen LogP contribution in [0.1, 0.15) is 0 Å². The highest BCUT2D eigenvalue weighted by Crippen LogP contribution is 2.31. The lowest BCUT2D eigenvalue weighted by Gasteiger charge is -2.08. The Hall–Kier alpha value is -1.20. The summed E-state index contributed by atoms with van der Waals surface area (Å²) in [6.45, 7) is 0. The van der Waals surface area contributed by atoms with E-state index in [9.17, 15) is 10.2 Å². The van der Waals surface area contributed by atoms with E-state index < -0.39 is 0 Å². The van der Waals surface area contributed by atoms with Crippen LogP contribution in [-0.4, -0.2) is 10.2 Å². The molecule has 0 saturated carbocycles. The molecule has 2 rings (SSSR count). The molecule has 3 nitrogen and oxygen atoms in total. The molecule has 0 unspecified atom stereocenters. The Bertz CT molecular complexity index is 509. The highest BCUT2D eigenvalue weighted by atomic mass is 79.9. The lowest BCUT2D eigenvalue weighted by atomic mass is 10.2. The number of benzene rings is 2. The average molecular weight is 359 g/mol. The first-order valence-corrected chi connectivity index (χ1v) is 6.39. The van der Waals surface area contributed by atoms with E-state index in [1.54, 1.807) is 36.4 Å². The summed E-state index contributed by atoms with van der Waals surface area (Å²) in [5.41, 5.74) is 1.68. The quantitative estimate of drug-likeness (QED) is 0.699. The van der Waals surface area contributed by atoms with Crippen LogP contribution < -0.4 is 5.32 Å². The molecule has 0 spiro atoms. The average Bonchev–Trinajstić information content (AvgIpc) is 2.29. The number of halogens is 2. The largest absolute Gasteiger partial charge is 0.507 e. The van der Waals surface area contributed by atoms with Crippen molar-refractivity contribution < 1.29 is 10.2 Å². The predicted octanol–water partition coefficient (Wildman–Crippen LogP) is 4.37. The molecule has 0 atom stereocenters. The van der Waals surface area contributed by atoms with Gasteiger partial charge in [0.05, 0.1) is 8.95 Å². The van der Waals surface area contributed by atoms with Crippen LogP contribution >= 0.6 is 31.9 Å². The first-order chi connectivity index (χ1) is 8.06. The van der Waals surface area contributed by atoms with Crippen molar-refractivity contribution in [1.29, 1.82) is 0 Å². The predicted molar refractivity (Wildman–Crippen MR) is 74.9 cm³/mol. The van der Waals surface area contributed by atoms with Crippen molar-refractivity contribution in [2.45, 2.75) is 0 Å². The molecule has 17 heavy (non-hydrogen) atoms. The Labute approximate surface area is 115 Å². The molecule has 0 saturated heterocycles. The minimum Gasteiger partial charge on any atom is -0.507 e. The van der Waals surface area contributed by atoms with Gasteiger partial charge in [0, 0.05) is 11.4 Å². The standard InChI is InChI=1S/C12H9Br2NO2/c13-9-5-7(1-3-11(9)16)15-8-2-4-12(17)10(14)6-8/h1-6,15-17H. The van der Waals surface area contributed by atoms with Gasteiger partial charge in [-0.25, -0.2) is 0 Å². The van der Waals surface area contributed by atoms with Crippen molar-refractivity contribution in [2.24, 2.45) is 0 Å². The number of nitrogens with one attached hydrogen (secondary N) is 1. The number of rotatable bonds is 2. The molecule has 0 fully saturated rings. The van der Waals surface area contributed by atoms with Crippen LogP contribution in [0.3, 0.4) is 0 Å². The molecule has 0 heterocycles. The van der Waals surface area contributed by atoms with Crippen molar-refractivity contribution in [1.82, 2.24) is 0 Å². The fourth-order valence-corrected chi connectivity index (χ4v) is 2.09. The molecule has 0 aliphatic carbocycles. The van der Waals surface area contributed by atoms with Gasteiger partial charge in [-0.2, -0.15) is 0 Å². The Morgan fingerprint density at radius 2 is 1.18 bits per heavy atom. The summed E-state index contributed by atoms with van der Waals surface area (Å²) in [6, 6.07) is 10.3. The maximum Gasteiger partial charge on any atom is 0.129 e. The van der Waals surface area contributed by atoms with E-state index in [-0.39, 0.29) is 11.5 Å². The number of hydrogen-bond acceptors (Lipinski definition) is 3. The molecule has 5 heteroatoms. The van der Waals surface area contributed by atoms with E-state index in [0.29, 0.717) is 8.95 Å². The molecule has 2 aromatic rings. The smallest absolute Gasteiger partial charge is 0.129 e. The summed E-state index contributed by atoms with van der Waals surface area (Å²) in [4.78, 5) is 0. The molecular weight excluding hydrogens is 350 g/mol. The van der Waals surface area contributed by atoms with Crippen LogP contribution in [0, 0.1) is 0 Å². The van der Waals surface area contributed by atoms with Gasteiger partial charge in [-0.05, 0) is 68.3 Å². The monoisotopic (exact) mass is 357 g/mol. The molecule has 88 valence electrons. The van der Waals surface area contributed by atoms with Gasteiger partial charge in [0.1, 0.15) is 11.5 Å². The molecule has 3 N–H and O–H groups in total. The fraction of sp³-hybridized carbons (Fsp3) is 0. The van der Waals surface area contributed by atoms with Gasteiger partial charge in [0.2, 0.25) is 0 Å². The first kappa shape index (κ1) is 12.3. The molecule has 0 amide bonds. The maximum atomic E-state index is 9.38. The van der Waals surface area contributed by atoms with Crippen LogP contribution in [-0.2, 0) is 0 Å². The zero-order valence-electron chi connectivity index (χ0n) is 8.61. The molecule has 0 aromatic heterocycles. The van der Waals surface area contributed by atoms with Crippen LogP contribution in [0.4, 0.5) is 11.4 Å². The Balaban J connectivity index is 2.25. The van der Waals surface area contributed by atoms with E-state index in [0.717, 1.165) is 11.4 Å². The zero-order chi connectivity index (χ0) is 12.4. The Kier molecular flexibility index (Phi) is 3.59. The van der Waals surface area contributed by atoms with Crippen molar-refractivity contribution in [3.8, 4) is 11.5 Å². The van der Waals surface area contributed by atoms with Gasteiger partial charge in [0.15, 0.2) is 0 Å². The lowest BCUT2D eigenvalue weighted by molar-refractivity contribution is 0.471. The van der Waals surface area contributed by atoms with Gasteiger partial charge in [-0.3, -0.25) is 0 Å². The lowest BCUT2D eigenvalue weighted by Crippen LogP contribution is -1.90. The van der Waals surface area contributed by atoms with Gasteiger partial charge in [-0.1, -0.05) is 0 Å². The van der Waals surface area contributed by atoms with Crippen molar-refractivity contribution in [2.75, 3.05) is 5.32 Å². The molecule has 0 aliphatic heterocycles. The van der Waals surface area contributed by atoms with Crippen molar-refractivity contribution in [3.63, 3.8) is 0 Å². The summed E-state index contributed by atoms with van der Waals surface area (Å²) in [6.07, 6.45) is 0. The second kappa shape index (κ2) is 4.98. The fourth-order valence-electron chi connectivity index (χ4n) is 1.34. The molecular formula is C12H9Br2NO2. The summed E-state index contributed by atoms with van der Waals surface area (Å²) >= 11 is 6.49. The highest BCUT2D eigenvalue weighted by Gasteiger charge is 2.02. The van der Waals surface area contributed by atoms with Crippen LogP contribution in [0.15, 0.2) is 45.3 Å². The third kappa shape index (κ3) is 2.92. The van der Waals surface area contributed by atoms with E-state index in [4.69, 9.17) is 0 Å². The normalized spacial score (nSPS) is 10.2.